The SMILES string of the molecule is CC(C)(C)N1CC(C(=O)NCCNC(=O)CCc2ccccc2)CC1=O. The predicted molar refractivity (Wildman–Crippen MR) is 100 cm³/mol. The average Bonchev–Trinajstić information content (AvgIpc) is 3.00. The van der Waals surface area contributed by atoms with E-state index in [0.717, 1.165) is 5.56 Å². The molecule has 3 amide bonds. The molecule has 26 heavy (non-hydrogen) atoms. The van der Waals surface area contributed by atoms with Gasteiger partial charge in [-0.1, -0.05) is 30.3 Å². The largest absolute Gasteiger partial charge is 0.354 e. The van der Waals surface area contributed by atoms with Crippen molar-refractivity contribution in [3.63, 3.8) is 0 Å². The van der Waals surface area contributed by atoms with Crippen molar-refractivity contribution in [3.05, 3.63) is 35.9 Å². The van der Waals surface area contributed by atoms with Crippen molar-refractivity contribution in [1.82, 2.24) is 15.5 Å². The van der Waals surface area contributed by atoms with Gasteiger partial charge in [0.25, 0.3) is 0 Å². The van der Waals surface area contributed by atoms with Crippen LogP contribution in [0.2, 0.25) is 0 Å². The zero-order valence-corrected chi connectivity index (χ0v) is 15.9. The highest BCUT2D eigenvalue weighted by molar-refractivity contribution is 5.89. The highest BCUT2D eigenvalue weighted by Crippen LogP contribution is 2.25. The maximum Gasteiger partial charge on any atom is 0.225 e. The molecule has 0 aliphatic carbocycles. The summed E-state index contributed by atoms with van der Waals surface area (Å²) in [7, 11) is 0. The van der Waals surface area contributed by atoms with Gasteiger partial charge < -0.3 is 15.5 Å². The average molecular weight is 359 g/mol. The van der Waals surface area contributed by atoms with Crippen LogP contribution in [0, 0.1) is 5.92 Å². The van der Waals surface area contributed by atoms with Crippen LogP contribution in [0.4, 0.5) is 0 Å². The maximum atomic E-state index is 12.2. The van der Waals surface area contributed by atoms with E-state index in [1.807, 2.05) is 51.1 Å². The van der Waals surface area contributed by atoms with E-state index in [1.54, 1.807) is 4.90 Å². The minimum Gasteiger partial charge on any atom is -0.354 e. The van der Waals surface area contributed by atoms with Crippen molar-refractivity contribution in [2.24, 2.45) is 5.92 Å². The minimum absolute atomic E-state index is 0.0202. The van der Waals surface area contributed by atoms with Crippen molar-refractivity contribution < 1.29 is 14.4 Å². The third kappa shape index (κ3) is 5.86. The van der Waals surface area contributed by atoms with Crippen LogP contribution in [-0.4, -0.2) is 47.8 Å². The van der Waals surface area contributed by atoms with Crippen molar-refractivity contribution in [3.8, 4) is 0 Å². The maximum absolute atomic E-state index is 12.2. The molecule has 1 atom stereocenters. The lowest BCUT2D eigenvalue weighted by atomic mass is 10.1. The lowest BCUT2D eigenvalue weighted by Gasteiger charge is -2.31. The Morgan fingerprint density at radius 2 is 1.77 bits per heavy atom. The molecule has 1 aliphatic heterocycles. The van der Waals surface area contributed by atoms with Crippen molar-refractivity contribution >= 4 is 17.7 Å². The van der Waals surface area contributed by atoms with E-state index in [2.05, 4.69) is 10.6 Å². The van der Waals surface area contributed by atoms with E-state index in [0.29, 0.717) is 32.5 Å². The molecule has 0 spiro atoms. The summed E-state index contributed by atoms with van der Waals surface area (Å²) in [6, 6.07) is 9.86. The van der Waals surface area contributed by atoms with Crippen LogP contribution in [-0.2, 0) is 20.8 Å². The van der Waals surface area contributed by atoms with E-state index in [4.69, 9.17) is 0 Å². The van der Waals surface area contributed by atoms with Crippen molar-refractivity contribution in [2.45, 2.75) is 45.6 Å². The Labute approximate surface area is 155 Å². The number of amides is 3. The Morgan fingerprint density at radius 3 is 2.38 bits per heavy atom. The second-order valence-corrected chi connectivity index (χ2v) is 7.70. The van der Waals surface area contributed by atoms with Crippen LogP contribution >= 0.6 is 0 Å². The molecule has 2 rings (SSSR count). The number of carbonyl (C=O) groups is 3. The molecule has 6 nitrogen and oxygen atoms in total. The first-order chi connectivity index (χ1) is 12.3. The second kappa shape index (κ2) is 8.83. The molecule has 1 fully saturated rings. The number of nitrogens with zero attached hydrogens (tertiary/aromatic N) is 1. The van der Waals surface area contributed by atoms with Crippen LogP contribution < -0.4 is 10.6 Å². The Bertz CT molecular complexity index is 637. The summed E-state index contributed by atoms with van der Waals surface area (Å²) < 4.78 is 0. The fourth-order valence-corrected chi connectivity index (χ4v) is 3.05. The first kappa shape index (κ1) is 19.9. The van der Waals surface area contributed by atoms with Gasteiger partial charge in [-0.05, 0) is 32.8 Å². The summed E-state index contributed by atoms with van der Waals surface area (Å²) in [5.74, 6) is -0.441. The minimum atomic E-state index is -0.310. The van der Waals surface area contributed by atoms with E-state index in [1.165, 1.54) is 0 Å². The molecule has 0 bridgehead atoms. The molecule has 0 radical (unpaired) electrons. The number of hydrogen-bond acceptors (Lipinski definition) is 3. The van der Waals surface area contributed by atoms with E-state index in [9.17, 15) is 14.4 Å². The number of benzene rings is 1. The number of likely N-dealkylation sites (tertiary alicyclic amines) is 1. The van der Waals surface area contributed by atoms with Gasteiger partial charge >= 0.3 is 0 Å². The normalized spacial score (nSPS) is 17.3. The molecule has 1 unspecified atom stereocenters. The lowest BCUT2D eigenvalue weighted by Crippen LogP contribution is -2.43. The highest BCUT2D eigenvalue weighted by atomic mass is 16.2. The smallest absolute Gasteiger partial charge is 0.225 e. The molecule has 6 heteroatoms. The monoisotopic (exact) mass is 359 g/mol. The molecule has 2 N–H and O–H groups in total. The summed E-state index contributed by atoms with van der Waals surface area (Å²) >= 11 is 0. The molecular weight excluding hydrogens is 330 g/mol. The van der Waals surface area contributed by atoms with Crippen LogP contribution in [0.3, 0.4) is 0 Å². The quantitative estimate of drug-likeness (QED) is 0.724. The number of carbonyl (C=O) groups excluding carboxylic acids is 3. The number of rotatable bonds is 7. The topological polar surface area (TPSA) is 78.5 Å². The van der Waals surface area contributed by atoms with Gasteiger partial charge in [0.2, 0.25) is 17.7 Å². The van der Waals surface area contributed by atoms with Crippen molar-refractivity contribution in [1.29, 1.82) is 0 Å². The molecule has 0 aromatic heterocycles. The highest BCUT2D eigenvalue weighted by Gasteiger charge is 2.39. The van der Waals surface area contributed by atoms with Gasteiger partial charge in [0, 0.05) is 38.0 Å². The summed E-state index contributed by atoms with van der Waals surface area (Å²) in [4.78, 5) is 37.8. The molecule has 0 saturated carbocycles. The van der Waals surface area contributed by atoms with Crippen LogP contribution in [0.25, 0.3) is 0 Å². The number of aryl methyl sites for hydroxylation is 1. The van der Waals surface area contributed by atoms with E-state index >= 15 is 0 Å². The van der Waals surface area contributed by atoms with Gasteiger partial charge in [0.1, 0.15) is 0 Å². The van der Waals surface area contributed by atoms with E-state index in [-0.39, 0.29) is 35.6 Å². The zero-order chi connectivity index (χ0) is 19.2. The Balaban J connectivity index is 1.63. The van der Waals surface area contributed by atoms with Crippen LogP contribution in [0.1, 0.15) is 39.2 Å². The van der Waals surface area contributed by atoms with Gasteiger partial charge in [-0.3, -0.25) is 14.4 Å². The fourth-order valence-electron chi connectivity index (χ4n) is 3.05. The first-order valence-electron chi connectivity index (χ1n) is 9.16. The zero-order valence-electron chi connectivity index (χ0n) is 15.9. The summed E-state index contributed by atoms with van der Waals surface area (Å²) in [6.07, 6.45) is 1.38. The third-order valence-corrected chi connectivity index (χ3v) is 4.54. The fraction of sp³-hybridized carbons (Fsp3) is 0.550. The van der Waals surface area contributed by atoms with Crippen molar-refractivity contribution in [2.75, 3.05) is 19.6 Å². The third-order valence-electron chi connectivity index (χ3n) is 4.54. The Kier molecular flexibility index (Phi) is 6.77. The first-order valence-corrected chi connectivity index (χ1v) is 9.16. The van der Waals surface area contributed by atoms with Gasteiger partial charge in [0.15, 0.2) is 0 Å². The lowest BCUT2D eigenvalue weighted by molar-refractivity contribution is -0.132. The molecular formula is C20H29N3O3. The summed E-state index contributed by atoms with van der Waals surface area (Å²) in [6.45, 7) is 7.12. The van der Waals surface area contributed by atoms with E-state index < -0.39 is 0 Å². The second-order valence-electron chi connectivity index (χ2n) is 7.70. The van der Waals surface area contributed by atoms with Gasteiger partial charge in [-0.2, -0.15) is 0 Å². The van der Waals surface area contributed by atoms with Crippen LogP contribution in [0.15, 0.2) is 30.3 Å². The number of hydrogen-bond donors (Lipinski definition) is 2. The van der Waals surface area contributed by atoms with Gasteiger partial charge in [0.05, 0.1) is 5.92 Å². The molecule has 1 aromatic rings. The number of nitrogens with one attached hydrogen (secondary N) is 2. The summed E-state index contributed by atoms with van der Waals surface area (Å²) in [5, 5.41) is 5.62. The Hall–Kier alpha value is -2.37. The van der Waals surface area contributed by atoms with Gasteiger partial charge in [-0.15, -0.1) is 0 Å². The predicted octanol–water partition coefficient (Wildman–Crippen LogP) is 1.50. The molecule has 142 valence electrons. The van der Waals surface area contributed by atoms with Crippen LogP contribution in [0.5, 0.6) is 0 Å². The Morgan fingerprint density at radius 1 is 1.12 bits per heavy atom. The van der Waals surface area contributed by atoms with Gasteiger partial charge in [-0.25, -0.2) is 0 Å². The summed E-state index contributed by atoms with van der Waals surface area (Å²) in [5.41, 5.74) is 0.865. The molecule has 1 saturated heterocycles. The standard InChI is InChI=1S/C20H29N3O3/c1-20(2,3)23-14-16(13-18(23)25)19(26)22-12-11-21-17(24)10-9-15-7-5-4-6-8-15/h4-8,16H,9-14H2,1-3H3,(H,21,24)(H,22,26). The molecule has 1 aromatic carbocycles. The molecule has 1 aliphatic rings. The molecule has 1 heterocycles.